The van der Waals surface area contributed by atoms with Crippen LogP contribution < -0.4 is 5.73 Å². The molecular weight excluding hydrogens is 186 g/mol. The molecule has 1 aromatic rings. The lowest BCUT2D eigenvalue weighted by Gasteiger charge is -2.19. The second-order valence-corrected chi connectivity index (χ2v) is 5.28. The first-order chi connectivity index (χ1) is 7.16. The Bertz CT molecular complexity index is 394. The molecule has 3 rings (SSSR count). The Balaban J connectivity index is 1.88. The third kappa shape index (κ3) is 1.36. The maximum Gasteiger partial charge on any atom is 0.124 e. The first kappa shape index (κ1) is 9.25. The molecular formula is C12H19N3. The van der Waals surface area contributed by atoms with Gasteiger partial charge in [0.15, 0.2) is 0 Å². The van der Waals surface area contributed by atoms with E-state index in [0.717, 1.165) is 17.7 Å². The maximum absolute atomic E-state index is 5.95. The third-order valence-corrected chi connectivity index (χ3v) is 4.30. The number of rotatable bonds is 1. The van der Waals surface area contributed by atoms with Crippen LogP contribution in [0.5, 0.6) is 0 Å². The molecule has 3 nitrogen and oxygen atoms in total. The van der Waals surface area contributed by atoms with Crippen molar-refractivity contribution in [2.75, 3.05) is 5.73 Å². The van der Waals surface area contributed by atoms with Crippen molar-refractivity contribution < 1.29 is 0 Å². The van der Waals surface area contributed by atoms with Crippen molar-refractivity contribution in [2.45, 2.75) is 38.5 Å². The third-order valence-electron chi connectivity index (χ3n) is 4.30. The molecule has 2 N–H and O–H groups in total. The average Bonchev–Trinajstić information content (AvgIpc) is 2.96. The number of nitrogens with two attached hydrogens (primary N) is 1. The number of aromatic nitrogens is 2. The summed E-state index contributed by atoms with van der Waals surface area (Å²) in [6.45, 7) is 2.11. The predicted molar refractivity (Wildman–Crippen MR) is 60.5 cm³/mol. The van der Waals surface area contributed by atoms with Crippen LogP contribution in [0.4, 0.5) is 5.82 Å². The van der Waals surface area contributed by atoms with Crippen LogP contribution in [-0.2, 0) is 7.05 Å². The van der Waals surface area contributed by atoms with Crippen LogP contribution in [0.3, 0.4) is 0 Å². The lowest BCUT2D eigenvalue weighted by atomic mass is 9.86. The van der Waals surface area contributed by atoms with Gasteiger partial charge in [0.05, 0.1) is 5.69 Å². The molecule has 2 aliphatic carbocycles. The van der Waals surface area contributed by atoms with Crippen LogP contribution in [0.15, 0.2) is 0 Å². The minimum atomic E-state index is 0.678. The number of fused-ring (bicyclic) bond motifs is 1. The molecule has 3 heteroatoms. The molecule has 3 atom stereocenters. The number of nitrogen functional groups attached to an aromatic ring is 1. The van der Waals surface area contributed by atoms with E-state index in [4.69, 9.17) is 5.73 Å². The summed E-state index contributed by atoms with van der Waals surface area (Å²) in [5, 5.41) is 4.58. The standard InChI is InChI=1S/C12H19N3/c1-7-11(14-15(2)12(7)13)9-4-3-8-5-10(8)6-9/h8-10H,3-6,13H2,1-2H3/t8-,9?,10-/m0/s1. The van der Waals surface area contributed by atoms with Gasteiger partial charge in [-0.3, -0.25) is 4.68 Å². The summed E-state index contributed by atoms with van der Waals surface area (Å²) in [4.78, 5) is 0. The number of hydrogen-bond acceptors (Lipinski definition) is 2. The van der Waals surface area contributed by atoms with Crippen molar-refractivity contribution in [1.82, 2.24) is 9.78 Å². The minimum Gasteiger partial charge on any atom is -0.384 e. The van der Waals surface area contributed by atoms with Gasteiger partial charge in [0.2, 0.25) is 0 Å². The Morgan fingerprint density at radius 1 is 1.27 bits per heavy atom. The molecule has 1 aromatic heterocycles. The summed E-state index contributed by atoms with van der Waals surface area (Å²) in [5.74, 6) is 3.58. The van der Waals surface area contributed by atoms with Crippen LogP contribution >= 0.6 is 0 Å². The smallest absolute Gasteiger partial charge is 0.124 e. The molecule has 0 bridgehead atoms. The van der Waals surface area contributed by atoms with Gasteiger partial charge in [-0.05, 0) is 44.4 Å². The molecule has 2 aliphatic rings. The highest BCUT2D eigenvalue weighted by Crippen LogP contribution is 2.54. The van der Waals surface area contributed by atoms with Gasteiger partial charge in [-0.25, -0.2) is 0 Å². The van der Waals surface area contributed by atoms with E-state index in [1.165, 1.54) is 36.9 Å². The van der Waals surface area contributed by atoms with E-state index in [1.807, 2.05) is 11.7 Å². The molecule has 0 spiro atoms. The van der Waals surface area contributed by atoms with E-state index < -0.39 is 0 Å². The molecule has 0 radical (unpaired) electrons. The highest BCUT2D eigenvalue weighted by molar-refractivity contribution is 5.43. The van der Waals surface area contributed by atoms with Crippen LogP contribution in [0.2, 0.25) is 0 Å². The quantitative estimate of drug-likeness (QED) is 0.764. The number of anilines is 1. The molecule has 1 unspecified atom stereocenters. The van der Waals surface area contributed by atoms with Gasteiger partial charge in [0, 0.05) is 18.5 Å². The minimum absolute atomic E-state index is 0.678. The van der Waals surface area contributed by atoms with Crippen molar-refractivity contribution in [1.29, 1.82) is 0 Å². The van der Waals surface area contributed by atoms with E-state index in [1.54, 1.807) is 0 Å². The van der Waals surface area contributed by atoms with E-state index in [0.29, 0.717) is 5.92 Å². The monoisotopic (exact) mass is 205 g/mol. The van der Waals surface area contributed by atoms with Gasteiger partial charge in [-0.2, -0.15) is 5.10 Å². The Labute approximate surface area is 90.7 Å². The highest BCUT2D eigenvalue weighted by atomic mass is 15.3. The fraction of sp³-hybridized carbons (Fsp3) is 0.750. The first-order valence-corrected chi connectivity index (χ1v) is 5.95. The second kappa shape index (κ2) is 3.00. The topological polar surface area (TPSA) is 43.8 Å². The average molecular weight is 205 g/mol. The van der Waals surface area contributed by atoms with E-state index in [9.17, 15) is 0 Å². The number of hydrogen-bond donors (Lipinski definition) is 1. The van der Waals surface area contributed by atoms with Crippen LogP contribution in [0, 0.1) is 18.8 Å². The zero-order chi connectivity index (χ0) is 10.6. The van der Waals surface area contributed by atoms with Gasteiger partial charge in [0.1, 0.15) is 5.82 Å². The van der Waals surface area contributed by atoms with Crippen molar-refractivity contribution >= 4 is 5.82 Å². The van der Waals surface area contributed by atoms with Gasteiger partial charge in [0.25, 0.3) is 0 Å². The Hall–Kier alpha value is -0.990. The summed E-state index contributed by atoms with van der Waals surface area (Å²) in [6.07, 6.45) is 5.55. The molecule has 82 valence electrons. The summed E-state index contributed by atoms with van der Waals surface area (Å²) < 4.78 is 1.82. The Morgan fingerprint density at radius 2 is 2.07 bits per heavy atom. The largest absolute Gasteiger partial charge is 0.384 e. The predicted octanol–water partition coefficient (Wildman–Crippen LogP) is 2.21. The van der Waals surface area contributed by atoms with Crippen molar-refractivity contribution in [3.63, 3.8) is 0 Å². The molecule has 1 heterocycles. The summed E-state index contributed by atoms with van der Waals surface area (Å²) in [5.41, 5.74) is 8.43. The number of nitrogens with zero attached hydrogens (tertiary/aromatic N) is 2. The fourth-order valence-electron chi connectivity index (χ4n) is 3.15. The lowest BCUT2D eigenvalue weighted by Crippen LogP contribution is -2.08. The fourth-order valence-corrected chi connectivity index (χ4v) is 3.15. The molecule has 15 heavy (non-hydrogen) atoms. The molecule has 0 aromatic carbocycles. The van der Waals surface area contributed by atoms with E-state index in [-0.39, 0.29) is 0 Å². The summed E-state index contributed by atoms with van der Waals surface area (Å²) in [6, 6.07) is 0. The van der Waals surface area contributed by atoms with Crippen LogP contribution in [0.1, 0.15) is 42.9 Å². The van der Waals surface area contributed by atoms with Crippen molar-refractivity contribution in [2.24, 2.45) is 18.9 Å². The molecule has 0 aliphatic heterocycles. The number of aryl methyl sites for hydroxylation is 1. The maximum atomic E-state index is 5.95. The highest BCUT2D eigenvalue weighted by Gasteiger charge is 2.43. The van der Waals surface area contributed by atoms with Crippen LogP contribution in [0.25, 0.3) is 0 Å². The molecule has 2 fully saturated rings. The van der Waals surface area contributed by atoms with Crippen molar-refractivity contribution in [3.8, 4) is 0 Å². The van der Waals surface area contributed by atoms with E-state index in [2.05, 4.69) is 12.0 Å². The van der Waals surface area contributed by atoms with E-state index >= 15 is 0 Å². The first-order valence-electron chi connectivity index (χ1n) is 5.95. The lowest BCUT2D eigenvalue weighted by molar-refractivity contribution is 0.414. The van der Waals surface area contributed by atoms with Crippen molar-refractivity contribution in [3.05, 3.63) is 11.3 Å². The van der Waals surface area contributed by atoms with Gasteiger partial charge < -0.3 is 5.73 Å². The SMILES string of the molecule is Cc1c(C2CC[C@H]3C[C@H]3C2)nn(C)c1N. The van der Waals surface area contributed by atoms with Gasteiger partial charge in [-0.15, -0.1) is 0 Å². The Morgan fingerprint density at radius 3 is 2.67 bits per heavy atom. The molecule has 2 saturated carbocycles. The second-order valence-electron chi connectivity index (χ2n) is 5.28. The molecule has 0 amide bonds. The molecule has 0 saturated heterocycles. The van der Waals surface area contributed by atoms with Gasteiger partial charge >= 0.3 is 0 Å². The van der Waals surface area contributed by atoms with Crippen LogP contribution in [-0.4, -0.2) is 9.78 Å². The zero-order valence-electron chi connectivity index (χ0n) is 9.53. The van der Waals surface area contributed by atoms with Gasteiger partial charge in [-0.1, -0.05) is 0 Å². The Kier molecular flexibility index (Phi) is 1.85. The summed E-state index contributed by atoms with van der Waals surface area (Å²) >= 11 is 0. The normalized spacial score (nSPS) is 33.9. The zero-order valence-corrected chi connectivity index (χ0v) is 9.53. The summed E-state index contributed by atoms with van der Waals surface area (Å²) in [7, 11) is 1.94.